The summed E-state index contributed by atoms with van der Waals surface area (Å²) in [6, 6.07) is 8.64. The van der Waals surface area contributed by atoms with Gasteiger partial charge in [-0.3, -0.25) is 0 Å². The predicted molar refractivity (Wildman–Crippen MR) is 84.1 cm³/mol. The average molecular weight is 313 g/mol. The highest BCUT2D eigenvalue weighted by Gasteiger charge is 2.31. The molecule has 5 heteroatoms. The number of nitriles is 1. The largest absolute Gasteiger partial charge is 0.459 e. The molecule has 23 heavy (non-hydrogen) atoms. The summed E-state index contributed by atoms with van der Waals surface area (Å²) in [4.78, 5) is 24.5. The van der Waals surface area contributed by atoms with Crippen LogP contribution in [0.25, 0.3) is 6.08 Å². The maximum Gasteiger partial charge on any atom is 0.346 e. The molecule has 0 aliphatic heterocycles. The number of rotatable bonds is 4. The van der Waals surface area contributed by atoms with Crippen LogP contribution in [0.15, 0.2) is 29.8 Å². The average Bonchev–Trinajstić information content (AvgIpc) is 3.26. The molecular weight excluding hydrogens is 294 g/mol. The molecular formula is C18H19NO4. The Balaban J connectivity index is 2.30. The first-order chi connectivity index (χ1) is 10.8. The molecule has 0 amide bonds. The van der Waals surface area contributed by atoms with E-state index in [1.807, 2.05) is 6.07 Å². The first kappa shape index (κ1) is 16.8. The molecule has 0 aromatic heterocycles. The first-order valence-corrected chi connectivity index (χ1v) is 7.45. The third kappa shape index (κ3) is 5.26. The van der Waals surface area contributed by atoms with Crippen molar-refractivity contribution in [3.63, 3.8) is 0 Å². The number of carbonyl (C=O) groups is 2. The van der Waals surface area contributed by atoms with Crippen LogP contribution >= 0.6 is 0 Å². The van der Waals surface area contributed by atoms with Crippen LogP contribution in [-0.4, -0.2) is 23.6 Å². The molecule has 0 heterocycles. The van der Waals surface area contributed by atoms with E-state index in [9.17, 15) is 9.59 Å². The second-order valence-corrected chi connectivity index (χ2v) is 6.40. The molecule has 0 atom stereocenters. The van der Waals surface area contributed by atoms with Gasteiger partial charge in [0.05, 0.1) is 11.6 Å². The highest BCUT2D eigenvalue weighted by molar-refractivity contribution is 6.17. The van der Waals surface area contributed by atoms with Gasteiger partial charge in [-0.05, 0) is 57.4 Å². The van der Waals surface area contributed by atoms with Crippen LogP contribution in [-0.2, 0) is 19.1 Å². The smallest absolute Gasteiger partial charge is 0.346 e. The number of benzene rings is 1. The Morgan fingerprint density at radius 2 is 1.96 bits per heavy atom. The van der Waals surface area contributed by atoms with E-state index in [4.69, 9.17) is 14.7 Å². The lowest BCUT2D eigenvalue weighted by Crippen LogP contribution is -2.28. The fourth-order valence-corrected chi connectivity index (χ4v) is 1.80. The van der Waals surface area contributed by atoms with Crippen LogP contribution in [0.5, 0.6) is 0 Å². The molecule has 5 nitrogen and oxygen atoms in total. The molecule has 1 fully saturated rings. The highest BCUT2D eigenvalue weighted by atomic mass is 16.6. The van der Waals surface area contributed by atoms with Crippen molar-refractivity contribution in [1.82, 2.24) is 0 Å². The molecule has 0 bridgehead atoms. The Kier molecular flexibility index (Phi) is 4.85. The van der Waals surface area contributed by atoms with Crippen molar-refractivity contribution in [2.45, 2.75) is 45.3 Å². The molecule has 1 aromatic carbocycles. The van der Waals surface area contributed by atoms with Crippen LogP contribution in [0.1, 0.15) is 44.7 Å². The second kappa shape index (κ2) is 6.66. The van der Waals surface area contributed by atoms with Crippen LogP contribution in [0.2, 0.25) is 0 Å². The van der Waals surface area contributed by atoms with E-state index in [1.54, 1.807) is 45.0 Å². The van der Waals surface area contributed by atoms with Crippen molar-refractivity contribution < 1.29 is 19.1 Å². The minimum absolute atomic E-state index is 0.112. The van der Waals surface area contributed by atoms with Gasteiger partial charge in [-0.1, -0.05) is 12.1 Å². The number of esters is 2. The Morgan fingerprint density at radius 1 is 1.26 bits per heavy atom. The van der Waals surface area contributed by atoms with Crippen molar-refractivity contribution in [2.75, 3.05) is 0 Å². The molecule has 1 aliphatic carbocycles. The SMILES string of the molecule is CC(C)(C)OC(=O)C(=Cc1cccc(C#N)c1)C(=O)OC1CC1. The quantitative estimate of drug-likeness (QED) is 0.370. The topological polar surface area (TPSA) is 76.4 Å². The Morgan fingerprint density at radius 3 is 2.52 bits per heavy atom. The minimum Gasteiger partial charge on any atom is -0.459 e. The molecule has 0 spiro atoms. The van der Waals surface area contributed by atoms with Gasteiger partial charge in [0.2, 0.25) is 0 Å². The van der Waals surface area contributed by atoms with Gasteiger partial charge in [-0.2, -0.15) is 5.26 Å². The van der Waals surface area contributed by atoms with Gasteiger partial charge >= 0.3 is 11.9 Å². The van der Waals surface area contributed by atoms with Gasteiger partial charge in [0, 0.05) is 0 Å². The molecule has 1 saturated carbocycles. The van der Waals surface area contributed by atoms with Gasteiger partial charge in [-0.15, -0.1) is 0 Å². The number of hydrogen-bond donors (Lipinski definition) is 0. The van der Waals surface area contributed by atoms with E-state index >= 15 is 0 Å². The van der Waals surface area contributed by atoms with Gasteiger partial charge in [-0.25, -0.2) is 9.59 Å². The summed E-state index contributed by atoms with van der Waals surface area (Å²) in [6.07, 6.45) is 2.92. The van der Waals surface area contributed by atoms with E-state index in [0.29, 0.717) is 11.1 Å². The van der Waals surface area contributed by atoms with Crippen molar-refractivity contribution in [3.8, 4) is 6.07 Å². The Labute approximate surface area is 135 Å². The van der Waals surface area contributed by atoms with Gasteiger partial charge in [0.15, 0.2) is 0 Å². The Hall–Kier alpha value is -2.61. The van der Waals surface area contributed by atoms with Crippen LogP contribution in [0, 0.1) is 11.3 Å². The van der Waals surface area contributed by atoms with E-state index < -0.39 is 17.5 Å². The van der Waals surface area contributed by atoms with E-state index in [1.165, 1.54) is 6.08 Å². The van der Waals surface area contributed by atoms with Crippen molar-refractivity contribution in [3.05, 3.63) is 41.0 Å². The highest BCUT2D eigenvalue weighted by Crippen LogP contribution is 2.26. The van der Waals surface area contributed by atoms with Crippen molar-refractivity contribution in [1.29, 1.82) is 5.26 Å². The third-order valence-electron chi connectivity index (χ3n) is 2.96. The minimum atomic E-state index is -0.731. The van der Waals surface area contributed by atoms with Crippen molar-refractivity contribution in [2.24, 2.45) is 0 Å². The van der Waals surface area contributed by atoms with Gasteiger partial charge in [0.25, 0.3) is 0 Å². The number of nitrogens with zero attached hydrogens (tertiary/aromatic N) is 1. The molecule has 0 saturated heterocycles. The Bertz CT molecular complexity index is 688. The zero-order valence-electron chi connectivity index (χ0n) is 13.5. The van der Waals surface area contributed by atoms with Gasteiger partial charge < -0.3 is 9.47 Å². The van der Waals surface area contributed by atoms with Gasteiger partial charge in [0.1, 0.15) is 17.3 Å². The fraction of sp³-hybridized carbons (Fsp3) is 0.389. The summed E-state index contributed by atoms with van der Waals surface area (Å²) >= 11 is 0. The molecule has 0 radical (unpaired) electrons. The van der Waals surface area contributed by atoms with Crippen LogP contribution in [0.3, 0.4) is 0 Å². The summed E-state index contributed by atoms with van der Waals surface area (Å²) in [5, 5.41) is 8.94. The van der Waals surface area contributed by atoms with E-state index in [2.05, 4.69) is 0 Å². The zero-order valence-corrected chi connectivity index (χ0v) is 13.5. The summed E-state index contributed by atoms with van der Waals surface area (Å²) in [5.41, 5.74) is 0.127. The lowest BCUT2D eigenvalue weighted by Gasteiger charge is -2.20. The summed E-state index contributed by atoms with van der Waals surface area (Å²) in [5.74, 6) is -1.42. The number of ether oxygens (including phenoxy) is 2. The predicted octanol–water partition coefficient (Wildman–Crippen LogP) is 2.99. The summed E-state index contributed by atoms with van der Waals surface area (Å²) < 4.78 is 10.5. The van der Waals surface area contributed by atoms with E-state index in [-0.39, 0.29) is 11.7 Å². The summed E-state index contributed by atoms with van der Waals surface area (Å²) in [7, 11) is 0. The lowest BCUT2D eigenvalue weighted by molar-refractivity contribution is -0.154. The third-order valence-corrected chi connectivity index (χ3v) is 2.96. The van der Waals surface area contributed by atoms with E-state index in [0.717, 1.165) is 12.8 Å². The second-order valence-electron chi connectivity index (χ2n) is 6.40. The normalized spacial score (nSPS) is 14.8. The van der Waals surface area contributed by atoms with Crippen LogP contribution in [0.4, 0.5) is 0 Å². The molecule has 120 valence electrons. The van der Waals surface area contributed by atoms with Crippen molar-refractivity contribution >= 4 is 18.0 Å². The molecule has 0 unspecified atom stereocenters. The maximum atomic E-state index is 12.3. The molecule has 2 rings (SSSR count). The standard InChI is InChI=1S/C18H19NO4/c1-18(2,3)23-17(21)15(16(20)22-14-7-8-14)10-12-5-4-6-13(9-12)11-19/h4-6,9-10,14H,7-8H2,1-3H3. The first-order valence-electron chi connectivity index (χ1n) is 7.45. The van der Waals surface area contributed by atoms with Crippen LogP contribution < -0.4 is 0 Å². The molecule has 0 N–H and O–H groups in total. The molecule has 1 aliphatic rings. The lowest BCUT2D eigenvalue weighted by atomic mass is 10.1. The molecule has 1 aromatic rings. The fourth-order valence-electron chi connectivity index (χ4n) is 1.80. The maximum absolute atomic E-state index is 12.3. The summed E-state index contributed by atoms with van der Waals surface area (Å²) in [6.45, 7) is 5.18. The number of hydrogen-bond acceptors (Lipinski definition) is 5. The zero-order chi connectivity index (χ0) is 17.0. The number of carbonyl (C=O) groups excluding carboxylic acids is 2. The monoisotopic (exact) mass is 313 g/mol.